The fourth-order valence-electron chi connectivity index (χ4n) is 4.30. The molecule has 1 aromatic carbocycles. The Labute approximate surface area is 206 Å². The molecule has 0 unspecified atom stereocenters. The lowest BCUT2D eigenvalue weighted by atomic mass is 9.95. The zero-order chi connectivity index (χ0) is 26.0. The number of nitrogens with one attached hydrogen (secondary N) is 1. The van der Waals surface area contributed by atoms with Crippen molar-refractivity contribution in [3.8, 4) is 11.3 Å². The zero-order valence-electron chi connectivity index (χ0n) is 20.2. The molecule has 3 heterocycles. The summed E-state index contributed by atoms with van der Waals surface area (Å²) >= 11 is 0. The molecule has 4 rings (SSSR count). The molecule has 0 radical (unpaired) electrons. The van der Waals surface area contributed by atoms with Crippen LogP contribution in [0, 0.1) is 17.6 Å². The predicted molar refractivity (Wildman–Crippen MR) is 132 cm³/mol. The zero-order valence-corrected chi connectivity index (χ0v) is 20.2. The first-order valence-electron chi connectivity index (χ1n) is 11.5. The first-order chi connectivity index (χ1) is 17.2. The maximum Gasteiger partial charge on any atom is 0.251 e. The second kappa shape index (κ2) is 10.6. The molecule has 0 aliphatic carbocycles. The van der Waals surface area contributed by atoms with E-state index < -0.39 is 18.1 Å². The summed E-state index contributed by atoms with van der Waals surface area (Å²) < 4.78 is 54.8. The van der Waals surface area contributed by atoms with E-state index in [9.17, 15) is 17.6 Å². The van der Waals surface area contributed by atoms with Gasteiger partial charge in [0.25, 0.3) is 6.43 Å². The Morgan fingerprint density at radius 3 is 2.64 bits per heavy atom. The maximum atomic E-state index is 14.7. The van der Waals surface area contributed by atoms with Gasteiger partial charge in [-0.3, -0.25) is 9.89 Å². The highest BCUT2D eigenvalue weighted by Gasteiger charge is 2.21. The SMILES string of the molecule is CN=C(c1cc(-c2nc(Nc3ccc4c(n3)CCN(CC(F)F)C4)ncc2F)cc(F)c1N)C(C)C. The van der Waals surface area contributed by atoms with Gasteiger partial charge in [-0.15, -0.1) is 0 Å². The largest absolute Gasteiger partial charge is 0.396 e. The van der Waals surface area contributed by atoms with Crippen LogP contribution in [0.2, 0.25) is 0 Å². The van der Waals surface area contributed by atoms with E-state index >= 15 is 0 Å². The maximum absolute atomic E-state index is 14.7. The number of nitrogens with zero attached hydrogens (tertiary/aromatic N) is 5. The van der Waals surface area contributed by atoms with Crippen LogP contribution in [0.3, 0.4) is 0 Å². The number of pyridine rings is 1. The first-order valence-corrected chi connectivity index (χ1v) is 11.5. The molecule has 7 nitrogen and oxygen atoms in total. The average molecular weight is 502 g/mol. The molecule has 0 atom stereocenters. The molecule has 0 bridgehead atoms. The van der Waals surface area contributed by atoms with Gasteiger partial charge in [-0.25, -0.2) is 32.5 Å². The number of nitrogens with two attached hydrogens (primary N) is 1. The Kier molecular flexibility index (Phi) is 7.48. The van der Waals surface area contributed by atoms with Crippen LogP contribution in [0.4, 0.5) is 35.0 Å². The summed E-state index contributed by atoms with van der Waals surface area (Å²) in [7, 11) is 1.59. The Morgan fingerprint density at radius 1 is 1.17 bits per heavy atom. The third kappa shape index (κ3) is 5.46. The molecule has 1 aliphatic rings. The predicted octanol–water partition coefficient (Wildman–Crippen LogP) is 4.84. The van der Waals surface area contributed by atoms with Gasteiger partial charge in [-0.2, -0.15) is 0 Å². The van der Waals surface area contributed by atoms with E-state index in [-0.39, 0.29) is 35.4 Å². The van der Waals surface area contributed by atoms with Crippen molar-refractivity contribution in [2.75, 3.05) is 31.2 Å². The number of hydrogen-bond acceptors (Lipinski definition) is 7. The van der Waals surface area contributed by atoms with E-state index in [4.69, 9.17) is 5.73 Å². The normalized spacial score (nSPS) is 14.4. The van der Waals surface area contributed by atoms with Crippen molar-refractivity contribution < 1.29 is 17.6 Å². The second-order valence-electron chi connectivity index (χ2n) is 8.88. The Hall–Kier alpha value is -3.60. The molecular formula is C25H27F4N7. The number of halogens is 4. The molecule has 0 amide bonds. The molecule has 190 valence electrons. The fourth-order valence-corrected chi connectivity index (χ4v) is 4.30. The lowest BCUT2D eigenvalue weighted by Crippen LogP contribution is -2.34. The van der Waals surface area contributed by atoms with Gasteiger partial charge in [0.15, 0.2) is 5.82 Å². The van der Waals surface area contributed by atoms with Crippen molar-refractivity contribution in [3.05, 3.63) is 58.9 Å². The van der Waals surface area contributed by atoms with E-state index in [1.165, 1.54) is 0 Å². The van der Waals surface area contributed by atoms with Crippen molar-refractivity contribution in [3.63, 3.8) is 0 Å². The van der Waals surface area contributed by atoms with Crippen LogP contribution < -0.4 is 11.1 Å². The van der Waals surface area contributed by atoms with Crippen LogP contribution in [-0.4, -0.2) is 52.1 Å². The average Bonchev–Trinajstić information content (AvgIpc) is 2.83. The summed E-state index contributed by atoms with van der Waals surface area (Å²) in [6.07, 6.45) is -0.865. The molecule has 1 aliphatic heterocycles. The van der Waals surface area contributed by atoms with E-state index in [1.54, 1.807) is 24.1 Å². The quantitative estimate of drug-likeness (QED) is 0.273. The number of fused-ring (bicyclic) bond motifs is 1. The van der Waals surface area contributed by atoms with Gasteiger partial charge >= 0.3 is 0 Å². The number of benzene rings is 1. The van der Waals surface area contributed by atoms with Crippen LogP contribution in [0.5, 0.6) is 0 Å². The lowest BCUT2D eigenvalue weighted by Gasteiger charge is -2.27. The summed E-state index contributed by atoms with van der Waals surface area (Å²) in [6.45, 7) is 4.41. The van der Waals surface area contributed by atoms with Crippen LogP contribution in [0.25, 0.3) is 11.3 Å². The summed E-state index contributed by atoms with van der Waals surface area (Å²) in [5, 5.41) is 2.95. The van der Waals surface area contributed by atoms with Gasteiger partial charge in [0, 0.05) is 49.1 Å². The molecule has 0 saturated heterocycles. The van der Waals surface area contributed by atoms with E-state index in [0.29, 0.717) is 36.6 Å². The Bertz CT molecular complexity index is 1290. The molecule has 0 saturated carbocycles. The highest BCUT2D eigenvalue weighted by atomic mass is 19.3. The van der Waals surface area contributed by atoms with Gasteiger partial charge < -0.3 is 11.1 Å². The molecule has 3 N–H and O–H groups in total. The van der Waals surface area contributed by atoms with Crippen LogP contribution >= 0.6 is 0 Å². The Morgan fingerprint density at radius 2 is 1.94 bits per heavy atom. The van der Waals surface area contributed by atoms with Gasteiger partial charge in [-0.1, -0.05) is 19.9 Å². The number of rotatable bonds is 7. The number of nitrogen functional groups attached to an aromatic ring is 1. The van der Waals surface area contributed by atoms with E-state index in [1.807, 2.05) is 19.9 Å². The standard InChI is InChI=1S/C25H27F4N7/c1-13(2)23(31-3)16-8-15(9-17(26)22(16)30)24-18(27)10-32-25(35-24)34-21-5-4-14-11-36(12-20(28)29)7-6-19(14)33-21/h4-5,8-10,13,20H,6-7,11-12,30H2,1-3H3,(H,32,33,34,35). The number of alkyl halides is 2. The summed E-state index contributed by atoms with van der Waals surface area (Å²) in [5.41, 5.74) is 8.62. The number of hydrogen-bond donors (Lipinski definition) is 2. The molecule has 0 fully saturated rings. The van der Waals surface area contributed by atoms with Crippen LogP contribution in [0.15, 0.2) is 35.5 Å². The van der Waals surface area contributed by atoms with Crippen molar-refractivity contribution in [1.82, 2.24) is 19.9 Å². The first kappa shape index (κ1) is 25.5. The van der Waals surface area contributed by atoms with E-state index in [2.05, 4.69) is 25.3 Å². The van der Waals surface area contributed by atoms with Crippen molar-refractivity contribution in [2.24, 2.45) is 10.9 Å². The van der Waals surface area contributed by atoms with Crippen LogP contribution in [0.1, 0.15) is 30.7 Å². The minimum absolute atomic E-state index is 0.0306. The molecule has 3 aromatic rings. The highest BCUT2D eigenvalue weighted by Crippen LogP contribution is 2.30. The third-order valence-electron chi connectivity index (χ3n) is 5.97. The summed E-state index contributed by atoms with van der Waals surface area (Å²) in [4.78, 5) is 18.7. The minimum atomic E-state index is -2.39. The van der Waals surface area contributed by atoms with E-state index in [0.717, 1.165) is 23.5 Å². The van der Waals surface area contributed by atoms with Gasteiger partial charge in [0.1, 0.15) is 17.3 Å². The smallest absolute Gasteiger partial charge is 0.251 e. The van der Waals surface area contributed by atoms with Gasteiger partial charge in [-0.05, 0) is 29.7 Å². The number of anilines is 3. The van der Waals surface area contributed by atoms with Crippen molar-refractivity contribution in [2.45, 2.75) is 33.2 Å². The molecular weight excluding hydrogens is 474 g/mol. The summed E-state index contributed by atoms with van der Waals surface area (Å²) in [6, 6.07) is 6.19. The monoisotopic (exact) mass is 501 g/mol. The topological polar surface area (TPSA) is 92.3 Å². The lowest BCUT2D eigenvalue weighted by molar-refractivity contribution is 0.0817. The second-order valence-corrected chi connectivity index (χ2v) is 8.88. The number of aliphatic imine (C=N–C) groups is 1. The van der Waals surface area contributed by atoms with Crippen molar-refractivity contribution in [1.29, 1.82) is 0 Å². The third-order valence-corrected chi connectivity index (χ3v) is 5.97. The summed E-state index contributed by atoms with van der Waals surface area (Å²) in [5.74, 6) is -0.960. The molecule has 0 spiro atoms. The highest BCUT2D eigenvalue weighted by molar-refractivity contribution is 6.06. The fraction of sp³-hybridized carbons (Fsp3) is 0.360. The van der Waals surface area contributed by atoms with Gasteiger partial charge in [0.05, 0.1) is 18.4 Å². The minimum Gasteiger partial charge on any atom is -0.396 e. The van der Waals surface area contributed by atoms with Crippen LogP contribution in [-0.2, 0) is 13.0 Å². The number of aromatic nitrogens is 3. The molecule has 11 heteroatoms. The Balaban J connectivity index is 1.62. The molecule has 36 heavy (non-hydrogen) atoms. The van der Waals surface area contributed by atoms with Gasteiger partial charge in [0.2, 0.25) is 5.95 Å². The molecule has 2 aromatic heterocycles. The van der Waals surface area contributed by atoms with Crippen molar-refractivity contribution >= 4 is 23.2 Å².